The average Bonchev–Trinajstić information content (AvgIpc) is 3.69. The minimum absolute atomic E-state index is 0.737. The van der Waals surface area contributed by atoms with Gasteiger partial charge < -0.3 is 9.47 Å². The molecule has 0 spiro atoms. The first-order valence-corrected chi connectivity index (χ1v) is 22.2. The molecule has 0 bridgehead atoms. The van der Waals surface area contributed by atoms with Crippen molar-refractivity contribution in [2.45, 2.75) is 20.8 Å². The predicted molar refractivity (Wildman–Crippen MR) is 272 cm³/mol. The van der Waals surface area contributed by atoms with Crippen LogP contribution in [0.15, 0.2) is 224 Å². The molecule has 0 aliphatic rings. The SMILES string of the molecule is Cc1cc(-c2ccc(-n3c4ccccc4c4cc(N(c5ccccc5)c5ccccc5)ccc43)cc2)ccc1-c1ccc(-c2cc(-c3ccccc3C)nc(-c3ccccc3C)n2)cc1. The van der Waals surface area contributed by atoms with Gasteiger partial charge in [0.2, 0.25) is 0 Å². The second kappa shape index (κ2) is 16.7. The van der Waals surface area contributed by atoms with Crippen LogP contribution < -0.4 is 4.90 Å². The fourth-order valence-electron chi connectivity index (χ4n) is 9.31. The van der Waals surface area contributed by atoms with Crippen LogP contribution in [0.1, 0.15) is 16.7 Å². The molecule has 2 aromatic heterocycles. The Kier molecular flexibility index (Phi) is 10.2. The number of hydrogen-bond acceptors (Lipinski definition) is 3. The van der Waals surface area contributed by atoms with Crippen molar-refractivity contribution >= 4 is 38.9 Å². The lowest BCUT2D eigenvalue weighted by Gasteiger charge is -2.25. The number of aromatic nitrogens is 3. The monoisotopic (exact) mass is 834 g/mol. The lowest BCUT2D eigenvalue weighted by molar-refractivity contribution is 1.17. The maximum atomic E-state index is 5.12. The molecule has 9 aromatic carbocycles. The molecule has 11 rings (SSSR count). The molecule has 0 aliphatic carbocycles. The summed E-state index contributed by atoms with van der Waals surface area (Å²) in [7, 11) is 0. The van der Waals surface area contributed by atoms with Crippen LogP contribution >= 0.6 is 0 Å². The lowest BCUT2D eigenvalue weighted by Crippen LogP contribution is -2.09. The summed E-state index contributed by atoms with van der Waals surface area (Å²) in [5.74, 6) is 0.737. The average molecular weight is 835 g/mol. The molecule has 2 heterocycles. The van der Waals surface area contributed by atoms with Gasteiger partial charge in [-0.2, -0.15) is 0 Å². The van der Waals surface area contributed by atoms with E-state index in [0.29, 0.717) is 0 Å². The number of hydrogen-bond donors (Lipinski definition) is 0. The number of fused-ring (bicyclic) bond motifs is 3. The Balaban J connectivity index is 0.891. The van der Waals surface area contributed by atoms with Gasteiger partial charge in [0.1, 0.15) is 0 Å². The van der Waals surface area contributed by atoms with Crippen LogP contribution in [0.4, 0.5) is 17.1 Å². The van der Waals surface area contributed by atoms with E-state index in [2.05, 4.69) is 255 Å². The van der Waals surface area contributed by atoms with Gasteiger partial charge in [-0.25, -0.2) is 9.97 Å². The van der Waals surface area contributed by atoms with Crippen LogP contribution in [0.5, 0.6) is 0 Å². The summed E-state index contributed by atoms with van der Waals surface area (Å²) < 4.78 is 2.39. The molecule has 0 saturated heterocycles. The largest absolute Gasteiger partial charge is 0.310 e. The molecular weight excluding hydrogens is 789 g/mol. The van der Waals surface area contributed by atoms with Crippen LogP contribution in [-0.4, -0.2) is 14.5 Å². The highest BCUT2D eigenvalue weighted by molar-refractivity contribution is 6.10. The second-order valence-corrected chi connectivity index (χ2v) is 16.8. The van der Waals surface area contributed by atoms with Crippen molar-refractivity contribution < 1.29 is 0 Å². The molecule has 0 amide bonds. The summed E-state index contributed by atoms with van der Waals surface area (Å²) in [4.78, 5) is 12.5. The Morgan fingerprint density at radius 1 is 0.338 bits per heavy atom. The van der Waals surface area contributed by atoms with Crippen molar-refractivity contribution in [2.75, 3.05) is 4.90 Å². The van der Waals surface area contributed by atoms with Crippen LogP contribution in [0, 0.1) is 20.8 Å². The zero-order valence-corrected chi connectivity index (χ0v) is 36.7. The van der Waals surface area contributed by atoms with E-state index in [1.165, 1.54) is 55.2 Å². The van der Waals surface area contributed by atoms with Crippen molar-refractivity contribution in [1.29, 1.82) is 0 Å². The summed E-state index contributed by atoms with van der Waals surface area (Å²) in [6, 6.07) is 80.2. The van der Waals surface area contributed by atoms with Gasteiger partial charge in [0.15, 0.2) is 5.82 Å². The van der Waals surface area contributed by atoms with Crippen LogP contribution in [0.25, 0.3) is 83.6 Å². The van der Waals surface area contributed by atoms with Gasteiger partial charge in [0.05, 0.1) is 22.4 Å². The van der Waals surface area contributed by atoms with E-state index in [0.717, 1.165) is 62.2 Å². The van der Waals surface area contributed by atoms with E-state index in [9.17, 15) is 0 Å². The van der Waals surface area contributed by atoms with Crippen LogP contribution in [-0.2, 0) is 0 Å². The molecule has 4 nitrogen and oxygen atoms in total. The van der Waals surface area contributed by atoms with Crippen molar-refractivity contribution in [3.63, 3.8) is 0 Å². The molecular formula is C61H46N4. The summed E-state index contributed by atoms with van der Waals surface area (Å²) in [6.45, 7) is 6.46. The van der Waals surface area contributed by atoms with Crippen molar-refractivity contribution in [1.82, 2.24) is 14.5 Å². The highest BCUT2D eigenvalue weighted by Crippen LogP contribution is 2.40. The topological polar surface area (TPSA) is 34.0 Å². The molecule has 0 atom stereocenters. The Hall–Kier alpha value is -8.34. The highest BCUT2D eigenvalue weighted by atomic mass is 15.1. The molecule has 65 heavy (non-hydrogen) atoms. The number of nitrogens with zero attached hydrogens (tertiary/aromatic N) is 4. The lowest BCUT2D eigenvalue weighted by atomic mass is 9.94. The molecule has 11 aromatic rings. The first-order chi connectivity index (χ1) is 32.0. The van der Waals surface area contributed by atoms with Gasteiger partial charge in [-0.15, -0.1) is 0 Å². The molecule has 0 radical (unpaired) electrons. The van der Waals surface area contributed by atoms with Gasteiger partial charge >= 0.3 is 0 Å². The minimum Gasteiger partial charge on any atom is -0.310 e. The zero-order chi connectivity index (χ0) is 43.9. The quantitative estimate of drug-likeness (QED) is 0.145. The Labute approximate surface area is 380 Å². The first kappa shape index (κ1) is 39.5. The van der Waals surface area contributed by atoms with Gasteiger partial charge in [0.25, 0.3) is 0 Å². The molecule has 310 valence electrons. The fourth-order valence-corrected chi connectivity index (χ4v) is 9.31. The number of aryl methyl sites for hydroxylation is 3. The normalized spacial score (nSPS) is 11.3. The number of benzene rings is 9. The zero-order valence-electron chi connectivity index (χ0n) is 36.7. The maximum Gasteiger partial charge on any atom is 0.160 e. The standard InChI is InChI=1S/C61H46N4/c1-41-16-10-12-22-53(41)58-40-57(62-61(63-58)54-23-13-11-17-42(54)2)46-28-26-45(27-29-46)52-36-32-47(38-43(52)3)44-30-33-50(34-31-44)65-59-25-15-14-24-55(59)56-39-51(35-37-60(56)65)64(48-18-6-4-7-19-48)49-20-8-5-9-21-49/h4-40H,1-3H3. The maximum absolute atomic E-state index is 5.12. The second-order valence-electron chi connectivity index (χ2n) is 16.8. The molecule has 4 heteroatoms. The Bertz CT molecular complexity index is 3390. The third-order valence-corrected chi connectivity index (χ3v) is 12.7. The van der Waals surface area contributed by atoms with Crippen LogP contribution in [0.2, 0.25) is 0 Å². The molecule has 0 aliphatic heterocycles. The number of anilines is 3. The Morgan fingerprint density at radius 2 is 0.892 bits per heavy atom. The van der Waals surface area contributed by atoms with Gasteiger partial charge in [-0.3, -0.25) is 0 Å². The molecule has 0 fully saturated rings. The van der Waals surface area contributed by atoms with E-state index in [1.54, 1.807) is 0 Å². The minimum atomic E-state index is 0.737. The van der Waals surface area contributed by atoms with Gasteiger partial charge in [-0.1, -0.05) is 158 Å². The molecule has 0 saturated carbocycles. The summed E-state index contributed by atoms with van der Waals surface area (Å²) in [5.41, 5.74) is 20.2. The summed E-state index contributed by atoms with van der Waals surface area (Å²) >= 11 is 0. The van der Waals surface area contributed by atoms with Crippen molar-refractivity contribution in [2.24, 2.45) is 0 Å². The van der Waals surface area contributed by atoms with Gasteiger partial charge in [0, 0.05) is 50.2 Å². The Morgan fingerprint density at radius 3 is 1.57 bits per heavy atom. The van der Waals surface area contributed by atoms with Crippen LogP contribution in [0.3, 0.4) is 0 Å². The first-order valence-electron chi connectivity index (χ1n) is 22.2. The number of rotatable bonds is 9. The predicted octanol–water partition coefficient (Wildman–Crippen LogP) is 16.3. The van der Waals surface area contributed by atoms with E-state index in [4.69, 9.17) is 9.97 Å². The van der Waals surface area contributed by atoms with E-state index in [1.807, 2.05) is 0 Å². The van der Waals surface area contributed by atoms with Crippen molar-refractivity contribution in [3.8, 4) is 61.8 Å². The molecule has 0 N–H and O–H groups in total. The third-order valence-electron chi connectivity index (χ3n) is 12.7. The van der Waals surface area contributed by atoms with Crippen molar-refractivity contribution in [3.05, 3.63) is 241 Å². The smallest absolute Gasteiger partial charge is 0.160 e. The summed E-state index contributed by atoms with van der Waals surface area (Å²) in [6.07, 6.45) is 0. The fraction of sp³-hybridized carbons (Fsp3) is 0.0492. The van der Waals surface area contributed by atoms with Gasteiger partial charge in [-0.05, 0) is 126 Å². The highest BCUT2D eigenvalue weighted by Gasteiger charge is 2.18. The third kappa shape index (κ3) is 7.45. The number of para-hydroxylation sites is 3. The molecule has 0 unspecified atom stereocenters. The van der Waals surface area contributed by atoms with E-state index >= 15 is 0 Å². The van der Waals surface area contributed by atoms with E-state index < -0.39 is 0 Å². The summed E-state index contributed by atoms with van der Waals surface area (Å²) in [5, 5.41) is 2.44. The van der Waals surface area contributed by atoms with E-state index in [-0.39, 0.29) is 0 Å².